The quantitative estimate of drug-likeness (QED) is 0.730. The van der Waals surface area contributed by atoms with Gasteiger partial charge in [-0.25, -0.2) is 9.18 Å². The van der Waals surface area contributed by atoms with Crippen LogP contribution < -0.4 is 5.32 Å². The third-order valence-electron chi connectivity index (χ3n) is 4.84. The normalized spacial score (nSPS) is 17.9. The monoisotopic (exact) mass is 386 g/mol. The Kier molecular flexibility index (Phi) is 7.39. The number of carbonyl (C=O) groups is 1. The zero-order chi connectivity index (χ0) is 19.8. The third kappa shape index (κ3) is 5.53. The first kappa shape index (κ1) is 20.3. The highest BCUT2D eigenvalue weighted by Crippen LogP contribution is 2.24. The lowest BCUT2D eigenvalue weighted by molar-refractivity contribution is -0.0172. The molecule has 0 radical (unpaired) electrons. The smallest absolute Gasteiger partial charge is 0.317 e. The number of hydrogen-bond donors (Lipinski definition) is 1. The lowest BCUT2D eigenvalue weighted by atomic mass is 10.1. The van der Waals surface area contributed by atoms with Crippen molar-refractivity contribution in [1.82, 2.24) is 10.2 Å². The van der Waals surface area contributed by atoms with Crippen LogP contribution in [0.2, 0.25) is 0 Å². The van der Waals surface area contributed by atoms with Crippen molar-refractivity contribution in [3.05, 3.63) is 71.5 Å². The van der Waals surface area contributed by atoms with Crippen LogP contribution in [0.1, 0.15) is 36.7 Å². The zero-order valence-corrected chi connectivity index (χ0v) is 16.1. The average Bonchev–Trinajstić information content (AvgIpc) is 2.74. The van der Waals surface area contributed by atoms with Gasteiger partial charge in [0.2, 0.25) is 0 Å². The molecule has 3 rings (SSSR count). The Balaban J connectivity index is 1.38. The second-order valence-corrected chi connectivity index (χ2v) is 6.84. The summed E-state index contributed by atoms with van der Waals surface area (Å²) in [6, 6.07) is 16.4. The summed E-state index contributed by atoms with van der Waals surface area (Å²) in [6.45, 7) is 4.35. The van der Waals surface area contributed by atoms with Gasteiger partial charge >= 0.3 is 6.03 Å². The summed E-state index contributed by atoms with van der Waals surface area (Å²) in [5, 5.41) is 2.91. The summed E-state index contributed by atoms with van der Waals surface area (Å²) in [7, 11) is 0. The van der Waals surface area contributed by atoms with Crippen LogP contribution in [-0.4, -0.2) is 43.8 Å². The maximum absolute atomic E-state index is 14.0. The highest BCUT2D eigenvalue weighted by atomic mass is 19.1. The van der Waals surface area contributed by atoms with Crippen LogP contribution in [0.25, 0.3) is 0 Å². The van der Waals surface area contributed by atoms with E-state index in [1.54, 1.807) is 23.1 Å². The number of morpholine rings is 1. The average molecular weight is 386 g/mol. The Morgan fingerprint density at radius 3 is 2.79 bits per heavy atom. The van der Waals surface area contributed by atoms with Gasteiger partial charge in [-0.1, -0.05) is 48.5 Å². The molecule has 2 aromatic rings. The van der Waals surface area contributed by atoms with Crippen molar-refractivity contribution < 1.29 is 18.7 Å². The molecule has 0 bridgehead atoms. The van der Waals surface area contributed by atoms with Crippen molar-refractivity contribution in [3.8, 4) is 0 Å². The molecule has 0 saturated carbocycles. The number of halogens is 1. The number of nitrogens with one attached hydrogen (secondary N) is 1. The van der Waals surface area contributed by atoms with Gasteiger partial charge in [-0.2, -0.15) is 0 Å². The van der Waals surface area contributed by atoms with Crippen molar-refractivity contribution in [2.24, 2.45) is 0 Å². The van der Waals surface area contributed by atoms with Gasteiger partial charge in [-0.3, -0.25) is 0 Å². The number of rotatable bonds is 7. The third-order valence-corrected chi connectivity index (χ3v) is 4.84. The molecule has 0 aliphatic carbocycles. The Morgan fingerprint density at radius 1 is 1.25 bits per heavy atom. The maximum Gasteiger partial charge on any atom is 0.317 e. The lowest BCUT2D eigenvalue weighted by Crippen LogP contribution is -2.47. The zero-order valence-electron chi connectivity index (χ0n) is 16.1. The number of urea groups is 1. The molecular weight excluding hydrogens is 359 g/mol. The van der Waals surface area contributed by atoms with Crippen LogP contribution in [0, 0.1) is 5.82 Å². The van der Waals surface area contributed by atoms with Crippen molar-refractivity contribution >= 4 is 6.03 Å². The Labute approximate surface area is 165 Å². The summed E-state index contributed by atoms with van der Waals surface area (Å²) in [5.41, 5.74) is 1.63. The van der Waals surface area contributed by atoms with Gasteiger partial charge in [0.05, 0.1) is 19.3 Å². The molecule has 0 unspecified atom stereocenters. The van der Waals surface area contributed by atoms with E-state index in [2.05, 4.69) is 5.32 Å². The summed E-state index contributed by atoms with van der Waals surface area (Å²) in [6.07, 6.45) is 0.317. The molecule has 5 nitrogen and oxygen atoms in total. The number of nitrogens with zero attached hydrogens (tertiary/aromatic N) is 1. The fourth-order valence-corrected chi connectivity index (χ4v) is 3.22. The van der Waals surface area contributed by atoms with E-state index in [4.69, 9.17) is 9.47 Å². The molecule has 1 aliphatic heterocycles. The van der Waals surface area contributed by atoms with Gasteiger partial charge in [0.1, 0.15) is 11.9 Å². The summed E-state index contributed by atoms with van der Waals surface area (Å²) >= 11 is 0. The van der Waals surface area contributed by atoms with Gasteiger partial charge in [-0.05, 0) is 25.0 Å². The van der Waals surface area contributed by atoms with Crippen LogP contribution in [0.4, 0.5) is 9.18 Å². The first-order valence-electron chi connectivity index (χ1n) is 9.70. The van der Waals surface area contributed by atoms with E-state index in [9.17, 15) is 9.18 Å². The van der Waals surface area contributed by atoms with Gasteiger partial charge in [0.15, 0.2) is 0 Å². The minimum atomic E-state index is -0.434. The minimum absolute atomic E-state index is 0.0256. The van der Waals surface area contributed by atoms with E-state index in [0.717, 1.165) is 12.0 Å². The predicted octanol–water partition coefficient (Wildman–Crippen LogP) is 4.08. The fourth-order valence-electron chi connectivity index (χ4n) is 3.22. The fraction of sp³-hybridized carbons (Fsp3) is 0.409. The first-order chi connectivity index (χ1) is 13.6. The molecule has 1 fully saturated rings. The van der Waals surface area contributed by atoms with E-state index >= 15 is 0 Å². The summed E-state index contributed by atoms with van der Waals surface area (Å²) in [5.74, 6) is -0.306. The largest absolute Gasteiger partial charge is 0.374 e. The number of hydrogen-bond acceptors (Lipinski definition) is 3. The number of carbonyl (C=O) groups excluding carboxylic acids is 1. The van der Waals surface area contributed by atoms with Crippen LogP contribution in [0.3, 0.4) is 0 Å². The Bertz CT molecular complexity index is 756. The molecule has 6 heteroatoms. The molecule has 2 atom stereocenters. The number of ether oxygens (including phenoxy) is 2. The lowest BCUT2D eigenvalue weighted by Gasteiger charge is -2.33. The van der Waals surface area contributed by atoms with Crippen molar-refractivity contribution in [1.29, 1.82) is 0 Å². The van der Waals surface area contributed by atoms with Crippen LogP contribution >= 0.6 is 0 Å². The van der Waals surface area contributed by atoms with Crippen LogP contribution in [0.5, 0.6) is 0 Å². The van der Waals surface area contributed by atoms with Gasteiger partial charge in [0, 0.05) is 25.3 Å². The van der Waals surface area contributed by atoms with Gasteiger partial charge in [-0.15, -0.1) is 0 Å². The molecule has 28 heavy (non-hydrogen) atoms. The van der Waals surface area contributed by atoms with Crippen molar-refractivity contribution in [3.63, 3.8) is 0 Å². The highest BCUT2D eigenvalue weighted by molar-refractivity contribution is 5.74. The molecule has 1 heterocycles. The van der Waals surface area contributed by atoms with Gasteiger partial charge in [0.25, 0.3) is 0 Å². The minimum Gasteiger partial charge on any atom is -0.374 e. The molecule has 150 valence electrons. The molecule has 1 N–H and O–H groups in total. The van der Waals surface area contributed by atoms with Crippen molar-refractivity contribution in [2.75, 3.05) is 32.8 Å². The van der Waals surface area contributed by atoms with E-state index in [0.29, 0.717) is 38.4 Å². The molecule has 2 amide bonds. The van der Waals surface area contributed by atoms with E-state index < -0.39 is 6.10 Å². The Hall–Kier alpha value is -2.44. The number of amides is 2. The Morgan fingerprint density at radius 2 is 2.00 bits per heavy atom. The molecule has 1 saturated heterocycles. The highest BCUT2D eigenvalue weighted by Gasteiger charge is 2.26. The van der Waals surface area contributed by atoms with Crippen molar-refractivity contribution in [2.45, 2.75) is 25.6 Å². The van der Waals surface area contributed by atoms with Crippen LogP contribution in [-0.2, 0) is 9.47 Å². The second kappa shape index (κ2) is 10.2. The second-order valence-electron chi connectivity index (χ2n) is 6.84. The van der Waals surface area contributed by atoms with E-state index in [-0.39, 0.29) is 18.0 Å². The predicted molar refractivity (Wildman–Crippen MR) is 105 cm³/mol. The SMILES string of the molecule is C[C@@H](OCCCNC(=O)N1CCO[C@H](c2ccccc2F)C1)c1ccccc1. The molecular formula is C22H27FN2O3. The van der Waals surface area contributed by atoms with E-state index in [1.165, 1.54) is 6.07 Å². The van der Waals surface area contributed by atoms with Gasteiger partial charge < -0.3 is 19.7 Å². The summed E-state index contributed by atoms with van der Waals surface area (Å²) in [4.78, 5) is 14.1. The molecule has 0 spiro atoms. The number of benzene rings is 2. The summed E-state index contributed by atoms with van der Waals surface area (Å²) < 4.78 is 25.4. The maximum atomic E-state index is 14.0. The molecule has 1 aliphatic rings. The van der Waals surface area contributed by atoms with Crippen LogP contribution in [0.15, 0.2) is 54.6 Å². The first-order valence-corrected chi connectivity index (χ1v) is 9.70. The van der Waals surface area contributed by atoms with E-state index in [1.807, 2.05) is 37.3 Å². The standard InChI is InChI=1S/C22H27FN2O3/c1-17(18-8-3-2-4-9-18)27-14-7-12-24-22(26)25-13-15-28-21(16-25)19-10-5-6-11-20(19)23/h2-6,8-11,17,21H,7,12-16H2,1H3,(H,24,26)/t17-,21+/m1/s1. The molecule has 0 aromatic heterocycles. The molecule has 2 aromatic carbocycles. The topological polar surface area (TPSA) is 50.8 Å².